The summed E-state index contributed by atoms with van der Waals surface area (Å²) in [6.45, 7) is -0.381. The monoisotopic (exact) mass is 311 g/mol. The van der Waals surface area contributed by atoms with Crippen molar-refractivity contribution in [2.75, 3.05) is 13.2 Å². The van der Waals surface area contributed by atoms with Crippen LogP contribution in [0.2, 0.25) is 0 Å². The number of benzene rings is 1. The van der Waals surface area contributed by atoms with E-state index in [0.29, 0.717) is 5.56 Å². The van der Waals surface area contributed by atoms with Crippen molar-refractivity contribution in [1.29, 1.82) is 0 Å². The van der Waals surface area contributed by atoms with Crippen molar-refractivity contribution in [2.45, 2.75) is 6.10 Å². The number of carbonyl (C=O) groups is 1. The first-order chi connectivity index (χ1) is 11.2. The van der Waals surface area contributed by atoms with E-state index in [1.165, 1.54) is 0 Å². The molecule has 1 amide bonds. The van der Waals surface area contributed by atoms with Crippen LogP contribution in [0.1, 0.15) is 10.4 Å². The summed E-state index contributed by atoms with van der Waals surface area (Å²) < 4.78 is 1.79. The number of aliphatic hydroxyl groups excluding tert-OH is 2. The van der Waals surface area contributed by atoms with Gasteiger partial charge in [0.15, 0.2) is 0 Å². The first kappa shape index (κ1) is 15.2. The van der Waals surface area contributed by atoms with E-state index >= 15 is 0 Å². The molecule has 0 fully saturated rings. The molecule has 0 aliphatic heterocycles. The van der Waals surface area contributed by atoms with Crippen LogP contribution < -0.4 is 5.32 Å². The first-order valence-corrected chi connectivity index (χ1v) is 7.28. The topological polar surface area (TPSA) is 86.9 Å². The second kappa shape index (κ2) is 6.60. The number of amides is 1. The molecule has 0 radical (unpaired) electrons. The molecule has 0 saturated carbocycles. The fourth-order valence-corrected chi connectivity index (χ4v) is 2.25. The van der Waals surface area contributed by atoms with Crippen molar-refractivity contribution >= 4 is 11.6 Å². The third-order valence-electron chi connectivity index (χ3n) is 3.49. The fraction of sp³-hybridized carbons (Fsp3) is 0.176. The number of hydrogen-bond acceptors (Lipinski definition) is 4. The number of imidazole rings is 1. The normalized spacial score (nSPS) is 12.3. The molecule has 1 atom stereocenters. The summed E-state index contributed by atoms with van der Waals surface area (Å²) in [6, 6.07) is 13.2. The number of aliphatic hydroxyl groups is 2. The number of nitrogens with zero attached hydrogens (tertiary/aromatic N) is 2. The van der Waals surface area contributed by atoms with Gasteiger partial charge in [0.1, 0.15) is 5.65 Å². The Hall–Kier alpha value is -2.70. The van der Waals surface area contributed by atoms with Crippen LogP contribution in [0.25, 0.3) is 16.9 Å². The quantitative estimate of drug-likeness (QED) is 0.658. The van der Waals surface area contributed by atoms with Crippen LogP contribution in [0, 0.1) is 0 Å². The number of pyridine rings is 1. The van der Waals surface area contributed by atoms with Gasteiger partial charge in [0.05, 0.1) is 24.0 Å². The molecular formula is C17H17N3O3. The van der Waals surface area contributed by atoms with Gasteiger partial charge < -0.3 is 19.9 Å². The molecule has 0 saturated heterocycles. The lowest BCUT2D eigenvalue weighted by Crippen LogP contribution is -2.33. The van der Waals surface area contributed by atoms with Gasteiger partial charge in [-0.1, -0.05) is 30.3 Å². The molecule has 3 rings (SSSR count). The van der Waals surface area contributed by atoms with Crippen LogP contribution in [-0.2, 0) is 0 Å². The zero-order chi connectivity index (χ0) is 16.2. The van der Waals surface area contributed by atoms with Crippen molar-refractivity contribution in [3.05, 3.63) is 60.4 Å². The molecule has 118 valence electrons. The molecule has 0 aliphatic carbocycles. The molecule has 3 aromatic rings. The smallest absolute Gasteiger partial charge is 0.252 e. The summed E-state index contributed by atoms with van der Waals surface area (Å²) in [5.41, 5.74) is 3.04. The Balaban J connectivity index is 1.83. The average molecular weight is 311 g/mol. The first-order valence-electron chi connectivity index (χ1n) is 7.28. The predicted molar refractivity (Wildman–Crippen MR) is 86.1 cm³/mol. The largest absolute Gasteiger partial charge is 0.394 e. The minimum absolute atomic E-state index is 0.00651. The van der Waals surface area contributed by atoms with Crippen molar-refractivity contribution in [2.24, 2.45) is 0 Å². The molecule has 3 N–H and O–H groups in total. The number of hydrogen-bond donors (Lipinski definition) is 3. The SMILES string of the molecule is O=C(NC[C@H](O)CO)c1ccc2nc(-c3ccccc3)cn2c1. The highest BCUT2D eigenvalue weighted by Gasteiger charge is 2.10. The van der Waals surface area contributed by atoms with Crippen molar-refractivity contribution in [1.82, 2.24) is 14.7 Å². The minimum atomic E-state index is -0.958. The molecule has 0 spiro atoms. The van der Waals surface area contributed by atoms with Gasteiger partial charge >= 0.3 is 0 Å². The maximum absolute atomic E-state index is 12.0. The van der Waals surface area contributed by atoms with Gasteiger partial charge in [0.25, 0.3) is 5.91 Å². The Morgan fingerprint density at radius 2 is 1.96 bits per heavy atom. The summed E-state index contributed by atoms with van der Waals surface area (Å²) in [5.74, 6) is -0.311. The van der Waals surface area contributed by atoms with Crippen LogP contribution in [0.3, 0.4) is 0 Å². The summed E-state index contributed by atoms with van der Waals surface area (Å²) in [7, 11) is 0. The Bertz CT molecular complexity index is 814. The van der Waals surface area contributed by atoms with Crippen molar-refractivity contribution < 1.29 is 15.0 Å². The van der Waals surface area contributed by atoms with Gasteiger partial charge in [0, 0.05) is 24.5 Å². The van der Waals surface area contributed by atoms with Crippen LogP contribution in [0.5, 0.6) is 0 Å². The van der Waals surface area contributed by atoms with Crippen LogP contribution in [-0.4, -0.2) is 44.8 Å². The van der Waals surface area contributed by atoms with E-state index in [1.807, 2.05) is 36.5 Å². The highest BCUT2D eigenvalue weighted by Crippen LogP contribution is 2.19. The van der Waals surface area contributed by atoms with Gasteiger partial charge in [-0.15, -0.1) is 0 Å². The minimum Gasteiger partial charge on any atom is -0.394 e. The number of rotatable bonds is 5. The van der Waals surface area contributed by atoms with E-state index in [4.69, 9.17) is 5.11 Å². The Labute approximate surface area is 133 Å². The molecule has 2 heterocycles. The predicted octanol–water partition coefficient (Wildman–Crippen LogP) is 1.08. The highest BCUT2D eigenvalue weighted by atomic mass is 16.3. The summed E-state index contributed by atoms with van der Waals surface area (Å²) >= 11 is 0. The highest BCUT2D eigenvalue weighted by molar-refractivity contribution is 5.94. The molecule has 1 aromatic carbocycles. The molecule has 6 heteroatoms. The summed E-state index contributed by atoms with van der Waals surface area (Å²) in [5, 5.41) is 20.6. The average Bonchev–Trinajstić information content (AvgIpc) is 3.03. The third kappa shape index (κ3) is 3.39. The molecule has 2 aromatic heterocycles. The maximum atomic E-state index is 12.0. The van der Waals surface area contributed by atoms with Crippen LogP contribution in [0.15, 0.2) is 54.9 Å². The van der Waals surface area contributed by atoms with Gasteiger partial charge in [-0.05, 0) is 12.1 Å². The maximum Gasteiger partial charge on any atom is 0.252 e. The molecule has 0 bridgehead atoms. The molecule has 0 aliphatic rings. The van der Waals surface area contributed by atoms with Crippen molar-refractivity contribution in [3.8, 4) is 11.3 Å². The number of nitrogens with one attached hydrogen (secondary N) is 1. The van der Waals surface area contributed by atoms with E-state index in [-0.39, 0.29) is 19.1 Å². The van der Waals surface area contributed by atoms with Crippen LogP contribution in [0.4, 0.5) is 0 Å². The number of fused-ring (bicyclic) bond motifs is 1. The Morgan fingerprint density at radius 1 is 1.17 bits per heavy atom. The number of aromatic nitrogens is 2. The lowest BCUT2D eigenvalue weighted by Gasteiger charge is -2.09. The molecular weight excluding hydrogens is 294 g/mol. The zero-order valence-corrected chi connectivity index (χ0v) is 12.4. The second-order valence-corrected chi connectivity index (χ2v) is 5.22. The van der Waals surface area contributed by atoms with E-state index in [2.05, 4.69) is 10.3 Å². The molecule has 0 unspecified atom stereocenters. The lowest BCUT2D eigenvalue weighted by atomic mass is 10.2. The molecule has 23 heavy (non-hydrogen) atoms. The zero-order valence-electron chi connectivity index (χ0n) is 12.4. The van der Waals surface area contributed by atoms with Crippen LogP contribution >= 0.6 is 0 Å². The number of carbonyl (C=O) groups excluding carboxylic acids is 1. The standard InChI is InChI=1S/C17H17N3O3/c21-11-14(22)8-18-17(23)13-6-7-16-19-15(10-20(16)9-13)12-4-2-1-3-5-12/h1-7,9-10,14,21-22H,8,11H2,(H,18,23)/t14-/m0/s1. The second-order valence-electron chi connectivity index (χ2n) is 5.22. The van der Waals surface area contributed by atoms with Gasteiger partial charge in [0.2, 0.25) is 0 Å². The van der Waals surface area contributed by atoms with Crippen molar-refractivity contribution in [3.63, 3.8) is 0 Å². The van der Waals surface area contributed by atoms with Gasteiger partial charge in [-0.25, -0.2) is 4.98 Å². The Morgan fingerprint density at radius 3 is 2.70 bits per heavy atom. The van der Waals surface area contributed by atoms with E-state index in [1.54, 1.807) is 22.7 Å². The molecule has 6 nitrogen and oxygen atoms in total. The third-order valence-corrected chi connectivity index (χ3v) is 3.49. The Kier molecular flexibility index (Phi) is 4.36. The fourth-order valence-electron chi connectivity index (χ4n) is 2.25. The summed E-state index contributed by atoms with van der Waals surface area (Å²) in [4.78, 5) is 16.6. The van der Waals surface area contributed by atoms with Gasteiger partial charge in [-0.3, -0.25) is 4.79 Å². The van der Waals surface area contributed by atoms with E-state index in [9.17, 15) is 9.90 Å². The van der Waals surface area contributed by atoms with Gasteiger partial charge in [-0.2, -0.15) is 0 Å². The summed E-state index contributed by atoms with van der Waals surface area (Å²) in [6.07, 6.45) is 2.60. The van der Waals surface area contributed by atoms with E-state index < -0.39 is 6.10 Å². The lowest BCUT2D eigenvalue weighted by molar-refractivity contribution is 0.0801. The van der Waals surface area contributed by atoms with E-state index in [0.717, 1.165) is 16.9 Å².